The average Bonchev–Trinajstić information content (AvgIpc) is 2.30. The number of benzene rings is 1. The third-order valence-electron chi connectivity index (χ3n) is 2.28. The Morgan fingerprint density at radius 3 is 2.35 bits per heavy atom. The van der Waals surface area contributed by atoms with Gasteiger partial charge in [-0.05, 0) is 37.6 Å². The fourth-order valence-electron chi connectivity index (χ4n) is 1.26. The first-order chi connectivity index (χ1) is 7.98. The number of hydrogen-bond donors (Lipinski definition) is 2. The Labute approximate surface area is 101 Å². The zero-order valence-electron chi connectivity index (χ0n) is 9.64. The molecule has 1 rings (SSSR count). The molecule has 3 N–H and O–H groups in total. The lowest BCUT2D eigenvalue weighted by atomic mass is 10.1. The van der Waals surface area contributed by atoms with Crippen LogP contribution in [0.4, 0.5) is 0 Å². The van der Waals surface area contributed by atoms with Crippen LogP contribution < -0.4 is 10.5 Å². The van der Waals surface area contributed by atoms with Crippen LogP contribution in [0.1, 0.15) is 22.8 Å². The zero-order chi connectivity index (χ0) is 12.9. The second kappa shape index (κ2) is 5.79. The van der Waals surface area contributed by atoms with Crippen molar-refractivity contribution in [2.75, 3.05) is 12.3 Å². The molecule has 0 saturated heterocycles. The molecule has 0 bridgehead atoms. The fraction of sp³-hybridized carbons (Fsp3) is 0.364. The number of nitrogens with two attached hydrogens (primary N) is 1. The van der Waals surface area contributed by atoms with Crippen LogP contribution in [-0.2, 0) is 16.4 Å². The van der Waals surface area contributed by atoms with E-state index >= 15 is 0 Å². The molecule has 1 aromatic carbocycles. The minimum atomic E-state index is -3.51. The van der Waals surface area contributed by atoms with Crippen LogP contribution in [0.25, 0.3) is 0 Å². The Bertz CT molecular complexity index is 480. The van der Waals surface area contributed by atoms with E-state index in [1.54, 1.807) is 24.3 Å². The van der Waals surface area contributed by atoms with E-state index < -0.39 is 15.9 Å². The molecule has 6 heteroatoms. The second-order valence-electron chi connectivity index (χ2n) is 3.57. The minimum Gasteiger partial charge on any atom is -0.330 e. The summed E-state index contributed by atoms with van der Waals surface area (Å²) in [5, 5.41) is 0. The molecule has 0 aliphatic carbocycles. The van der Waals surface area contributed by atoms with Gasteiger partial charge in [-0.1, -0.05) is 12.1 Å². The highest BCUT2D eigenvalue weighted by molar-refractivity contribution is 7.90. The highest BCUT2D eigenvalue weighted by Crippen LogP contribution is 2.05. The molecule has 0 radical (unpaired) electrons. The number of sulfonamides is 1. The van der Waals surface area contributed by atoms with Crippen LogP contribution in [0.2, 0.25) is 0 Å². The lowest BCUT2D eigenvalue weighted by Crippen LogP contribution is -2.31. The van der Waals surface area contributed by atoms with Gasteiger partial charge in [-0.2, -0.15) is 0 Å². The lowest BCUT2D eigenvalue weighted by molar-refractivity contribution is 0.0981. The van der Waals surface area contributed by atoms with Gasteiger partial charge in [0.2, 0.25) is 10.0 Å². The van der Waals surface area contributed by atoms with Crippen LogP contribution >= 0.6 is 0 Å². The number of amides is 1. The molecule has 0 aliphatic heterocycles. The molecule has 0 fully saturated rings. The Morgan fingerprint density at radius 1 is 1.29 bits per heavy atom. The van der Waals surface area contributed by atoms with E-state index in [2.05, 4.69) is 0 Å². The number of rotatable bonds is 5. The summed E-state index contributed by atoms with van der Waals surface area (Å²) >= 11 is 0. The average molecular weight is 256 g/mol. The van der Waals surface area contributed by atoms with E-state index in [-0.39, 0.29) is 5.75 Å². The standard InChI is InChI=1S/C11H16N2O3S/c1-2-17(15,16)13-11(14)10-5-3-9(4-6-10)7-8-12/h3-6H,2,7-8,12H2,1H3,(H,13,14). The summed E-state index contributed by atoms with van der Waals surface area (Å²) in [6.45, 7) is 2.01. The van der Waals surface area contributed by atoms with Crippen molar-refractivity contribution in [3.8, 4) is 0 Å². The second-order valence-corrected chi connectivity index (χ2v) is 5.58. The van der Waals surface area contributed by atoms with E-state index in [1.807, 2.05) is 4.72 Å². The molecule has 0 heterocycles. The molecule has 94 valence electrons. The van der Waals surface area contributed by atoms with Crippen molar-refractivity contribution in [2.24, 2.45) is 5.73 Å². The molecular formula is C11H16N2O3S. The predicted molar refractivity (Wildman–Crippen MR) is 66.1 cm³/mol. The van der Waals surface area contributed by atoms with E-state index in [9.17, 15) is 13.2 Å². The number of hydrogen-bond acceptors (Lipinski definition) is 4. The maximum absolute atomic E-state index is 11.6. The largest absolute Gasteiger partial charge is 0.330 e. The van der Waals surface area contributed by atoms with Crippen molar-refractivity contribution in [3.63, 3.8) is 0 Å². The van der Waals surface area contributed by atoms with Gasteiger partial charge in [0.05, 0.1) is 5.75 Å². The summed E-state index contributed by atoms with van der Waals surface area (Å²) in [6, 6.07) is 6.71. The first-order valence-electron chi connectivity index (χ1n) is 5.32. The Kier molecular flexibility index (Phi) is 4.65. The fourth-order valence-corrected chi connectivity index (χ4v) is 1.81. The zero-order valence-corrected chi connectivity index (χ0v) is 10.5. The maximum atomic E-state index is 11.6. The normalized spacial score (nSPS) is 11.2. The molecule has 0 spiro atoms. The molecule has 0 aliphatic rings. The van der Waals surface area contributed by atoms with Gasteiger partial charge in [0.1, 0.15) is 0 Å². The first kappa shape index (κ1) is 13.7. The van der Waals surface area contributed by atoms with Gasteiger partial charge in [0.25, 0.3) is 5.91 Å². The van der Waals surface area contributed by atoms with Gasteiger partial charge in [0, 0.05) is 5.56 Å². The van der Waals surface area contributed by atoms with Crippen LogP contribution in [0, 0.1) is 0 Å². The maximum Gasteiger partial charge on any atom is 0.264 e. The van der Waals surface area contributed by atoms with Crippen molar-refractivity contribution in [1.29, 1.82) is 0 Å². The van der Waals surface area contributed by atoms with E-state index in [0.717, 1.165) is 12.0 Å². The number of carbonyl (C=O) groups is 1. The quantitative estimate of drug-likeness (QED) is 0.791. The smallest absolute Gasteiger partial charge is 0.264 e. The van der Waals surface area contributed by atoms with Gasteiger partial charge < -0.3 is 5.73 Å². The van der Waals surface area contributed by atoms with Crippen LogP contribution in [0.3, 0.4) is 0 Å². The van der Waals surface area contributed by atoms with Crippen molar-refractivity contribution in [2.45, 2.75) is 13.3 Å². The Morgan fingerprint density at radius 2 is 1.88 bits per heavy atom. The SMILES string of the molecule is CCS(=O)(=O)NC(=O)c1ccc(CCN)cc1. The van der Waals surface area contributed by atoms with E-state index in [1.165, 1.54) is 6.92 Å². The lowest BCUT2D eigenvalue weighted by Gasteiger charge is -2.05. The van der Waals surface area contributed by atoms with Gasteiger partial charge in [-0.25, -0.2) is 13.1 Å². The van der Waals surface area contributed by atoms with Crippen molar-refractivity contribution in [3.05, 3.63) is 35.4 Å². The van der Waals surface area contributed by atoms with E-state index in [4.69, 9.17) is 5.73 Å². The van der Waals surface area contributed by atoms with Crippen molar-refractivity contribution >= 4 is 15.9 Å². The molecule has 0 saturated carbocycles. The summed E-state index contributed by atoms with van der Waals surface area (Å²) in [5.41, 5.74) is 6.74. The third kappa shape index (κ3) is 4.16. The summed E-state index contributed by atoms with van der Waals surface area (Å²) in [4.78, 5) is 11.6. The van der Waals surface area contributed by atoms with Crippen LogP contribution in [-0.4, -0.2) is 26.6 Å². The monoisotopic (exact) mass is 256 g/mol. The summed E-state index contributed by atoms with van der Waals surface area (Å²) in [5.74, 6) is -0.726. The number of nitrogens with one attached hydrogen (secondary N) is 1. The highest BCUT2D eigenvalue weighted by Gasteiger charge is 2.13. The molecule has 0 aromatic heterocycles. The topological polar surface area (TPSA) is 89.3 Å². The van der Waals surface area contributed by atoms with Crippen LogP contribution in [0.15, 0.2) is 24.3 Å². The molecule has 0 unspecified atom stereocenters. The first-order valence-corrected chi connectivity index (χ1v) is 6.97. The molecule has 17 heavy (non-hydrogen) atoms. The van der Waals surface area contributed by atoms with Crippen molar-refractivity contribution in [1.82, 2.24) is 4.72 Å². The predicted octanol–water partition coefficient (Wildman–Crippen LogP) is 0.267. The summed E-state index contributed by atoms with van der Waals surface area (Å²) < 4.78 is 24.4. The molecule has 1 amide bonds. The Hall–Kier alpha value is -1.40. The summed E-state index contributed by atoms with van der Waals surface area (Å²) in [7, 11) is -3.51. The molecule has 0 atom stereocenters. The molecule has 1 aromatic rings. The van der Waals surface area contributed by atoms with Gasteiger partial charge in [0.15, 0.2) is 0 Å². The highest BCUT2D eigenvalue weighted by atomic mass is 32.2. The van der Waals surface area contributed by atoms with E-state index in [0.29, 0.717) is 12.1 Å². The minimum absolute atomic E-state index is 0.121. The van der Waals surface area contributed by atoms with Gasteiger partial charge in [-0.3, -0.25) is 4.79 Å². The summed E-state index contributed by atoms with van der Waals surface area (Å²) in [6.07, 6.45) is 0.731. The van der Waals surface area contributed by atoms with Gasteiger partial charge >= 0.3 is 0 Å². The number of carbonyl (C=O) groups excluding carboxylic acids is 1. The van der Waals surface area contributed by atoms with Gasteiger partial charge in [-0.15, -0.1) is 0 Å². The molecule has 5 nitrogen and oxygen atoms in total. The third-order valence-corrected chi connectivity index (χ3v) is 3.53. The van der Waals surface area contributed by atoms with Crippen molar-refractivity contribution < 1.29 is 13.2 Å². The Balaban J connectivity index is 2.77. The van der Waals surface area contributed by atoms with Crippen LogP contribution in [0.5, 0.6) is 0 Å². The molecular weight excluding hydrogens is 240 g/mol.